The van der Waals surface area contributed by atoms with E-state index in [0.29, 0.717) is 29.9 Å². The molecule has 1 saturated heterocycles. The molecule has 2 unspecified atom stereocenters. The Balaban J connectivity index is 1.68. The summed E-state index contributed by atoms with van der Waals surface area (Å²) in [6.45, 7) is 4.02. The zero-order valence-corrected chi connectivity index (χ0v) is 14.1. The Labute approximate surface area is 144 Å². The number of likely N-dealkylation sites (tertiary alicyclic amines) is 1. The molecule has 3 heterocycles. The Hall–Kier alpha value is -2.51. The summed E-state index contributed by atoms with van der Waals surface area (Å²) in [6.07, 6.45) is 2.18. The summed E-state index contributed by atoms with van der Waals surface area (Å²) in [5, 5.41) is 14.9. The lowest BCUT2D eigenvalue weighted by molar-refractivity contribution is 0.139. The molecule has 1 fully saturated rings. The van der Waals surface area contributed by atoms with Crippen LogP contribution in [0, 0.1) is 5.92 Å². The molecule has 2 atom stereocenters. The molecule has 130 valence electrons. The maximum absolute atomic E-state index is 12.4. The van der Waals surface area contributed by atoms with Crippen LogP contribution in [-0.2, 0) is 6.54 Å². The van der Waals surface area contributed by atoms with Gasteiger partial charge >= 0.3 is 0 Å². The zero-order valence-electron chi connectivity index (χ0n) is 14.1. The molecule has 0 saturated carbocycles. The van der Waals surface area contributed by atoms with Crippen LogP contribution in [0.2, 0.25) is 0 Å². The second kappa shape index (κ2) is 6.42. The highest BCUT2D eigenvalue weighted by molar-refractivity contribution is 5.75. The number of fused-ring (bicyclic) bond motifs is 1. The first-order chi connectivity index (χ1) is 12.2. The zero-order chi connectivity index (χ0) is 17.4. The summed E-state index contributed by atoms with van der Waals surface area (Å²) < 4.78 is 1.68. The summed E-state index contributed by atoms with van der Waals surface area (Å²) >= 11 is 0. The highest BCUT2D eigenvalue weighted by Gasteiger charge is 2.30. The van der Waals surface area contributed by atoms with Crippen molar-refractivity contribution in [3.05, 3.63) is 52.7 Å². The van der Waals surface area contributed by atoms with Crippen LogP contribution >= 0.6 is 0 Å². The second-order valence-corrected chi connectivity index (χ2v) is 6.57. The second-order valence-electron chi connectivity index (χ2n) is 6.57. The fourth-order valence-electron chi connectivity index (χ4n) is 3.48. The van der Waals surface area contributed by atoms with Crippen molar-refractivity contribution in [2.45, 2.75) is 26.0 Å². The molecule has 1 aromatic carbocycles. The average Bonchev–Trinajstić information content (AvgIpc) is 3.19. The Bertz CT molecular complexity index is 934. The molecule has 1 aliphatic heterocycles. The standard InChI is InChI=1S/C18H21N5O2/c1-2-12-9-22(10-15(12)24)11-16-20-17-14(18(25)21-16)8-19-23(17)13-6-4-3-5-7-13/h3-8,12,15,24H,2,9-11H2,1H3,(H,20,21,25). The SMILES string of the molecule is CCC1CN(Cc2nc3c(cnn3-c3ccccc3)c(=O)[nH]2)CC1O. The highest BCUT2D eigenvalue weighted by atomic mass is 16.3. The van der Waals surface area contributed by atoms with E-state index in [4.69, 9.17) is 0 Å². The average molecular weight is 339 g/mol. The van der Waals surface area contributed by atoms with E-state index in [-0.39, 0.29) is 17.6 Å². The number of aromatic nitrogens is 4. The number of aliphatic hydroxyl groups is 1. The summed E-state index contributed by atoms with van der Waals surface area (Å²) in [5.74, 6) is 0.879. The maximum atomic E-state index is 12.4. The first-order valence-corrected chi connectivity index (χ1v) is 8.58. The van der Waals surface area contributed by atoms with E-state index < -0.39 is 0 Å². The predicted molar refractivity (Wildman–Crippen MR) is 94.6 cm³/mol. The number of aromatic amines is 1. The molecular weight excluding hydrogens is 318 g/mol. The van der Waals surface area contributed by atoms with Gasteiger partial charge in [-0.1, -0.05) is 25.1 Å². The number of H-pyrrole nitrogens is 1. The topological polar surface area (TPSA) is 87.0 Å². The fraction of sp³-hybridized carbons (Fsp3) is 0.389. The summed E-state index contributed by atoms with van der Waals surface area (Å²) in [5.41, 5.74) is 1.23. The first kappa shape index (κ1) is 16.0. The Morgan fingerprint density at radius 1 is 1.28 bits per heavy atom. The van der Waals surface area contributed by atoms with Crippen LogP contribution in [0.25, 0.3) is 16.7 Å². The maximum Gasteiger partial charge on any atom is 0.262 e. The van der Waals surface area contributed by atoms with Gasteiger partial charge in [-0.25, -0.2) is 9.67 Å². The van der Waals surface area contributed by atoms with Gasteiger partial charge in [-0.05, 0) is 24.5 Å². The molecule has 3 aromatic rings. The van der Waals surface area contributed by atoms with Gasteiger partial charge in [0.05, 0.1) is 24.5 Å². The molecule has 0 amide bonds. The van der Waals surface area contributed by atoms with Gasteiger partial charge < -0.3 is 10.1 Å². The number of nitrogens with zero attached hydrogens (tertiary/aromatic N) is 4. The van der Waals surface area contributed by atoms with Crippen LogP contribution in [-0.4, -0.2) is 48.9 Å². The number of rotatable bonds is 4. The van der Waals surface area contributed by atoms with Crippen LogP contribution in [0.4, 0.5) is 0 Å². The van der Waals surface area contributed by atoms with Crippen molar-refractivity contribution >= 4 is 11.0 Å². The Morgan fingerprint density at radius 2 is 2.08 bits per heavy atom. The lowest BCUT2D eigenvalue weighted by Gasteiger charge is -2.14. The van der Waals surface area contributed by atoms with Crippen molar-refractivity contribution in [2.24, 2.45) is 5.92 Å². The Morgan fingerprint density at radius 3 is 2.80 bits per heavy atom. The van der Waals surface area contributed by atoms with Crippen LogP contribution in [0.15, 0.2) is 41.3 Å². The van der Waals surface area contributed by atoms with Crippen LogP contribution < -0.4 is 5.56 Å². The minimum atomic E-state index is -0.310. The first-order valence-electron chi connectivity index (χ1n) is 8.58. The predicted octanol–water partition coefficient (Wildman–Crippen LogP) is 1.31. The minimum absolute atomic E-state index is 0.186. The third kappa shape index (κ3) is 2.96. The molecule has 0 aliphatic carbocycles. The third-order valence-corrected chi connectivity index (χ3v) is 4.87. The van der Waals surface area contributed by atoms with Gasteiger partial charge in [0.25, 0.3) is 5.56 Å². The molecule has 25 heavy (non-hydrogen) atoms. The van der Waals surface area contributed by atoms with Crippen molar-refractivity contribution in [1.82, 2.24) is 24.6 Å². The molecule has 4 rings (SSSR count). The number of para-hydroxylation sites is 1. The smallest absolute Gasteiger partial charge is 0.262 e. The van der Waals surface area contributed by atoms with Crippen molar-refractivity contribution in [1.29, 1.82) is 0 Å². The molecule has 7 nitrogen and oxygen atoms in total. The summed E-state index contributed by atoms with van der Waals surface area (Å²) in [7, 11) is 0. The number of β-amino-alcohol motifs (C(OH)–C–C–N with tert-alkyl or cyclic N) is 1. The molecule has 2 N–H and O–H groups in total. The number of hydrogen-bond donors (Lipinski definition) is 2. The molecule has 1 aliphatic rings. The van der Waals surface area contributed by atoms with E-state index in [1.54, 1.807) is 10.9 Å². The molecule has 2 aromatic heterocycles. The minimum Gasteiger partial charge on any atom is -0.391 e. The number of aliphatic hydroxyl groups excluding tert-OH is 1. The van der Waals surface area contributed by atoms with Gasteiger partial charge in [-0.3, -0.25) is 9.69 Å². The van der Waals surface area contributed by atoms with Crippen molar-refractivity contribution in [3.63, 3.8) is 0 Å². The molecular formula is C18H21N5O2. The third-order valence-electron chi connectivity index (χ3n) is 4.87. The number of nitrogens with one attached hydrogen (secondary N) is 1. The fourth-order valence-corrected chi connectivity index (χ4v) is 3.48. The Kier molecular flexibility index (Phi) is 4.10. The lowest BCUT2D eigenvalue weighted by atomic mass is 10.0. The summed E-state index contributed by atoms with van der Waals surface area (Å²) in [6, 6.07) is 9.64. The van der Waals surface area contributed by atoms with E-state index >= 15 is 0 Å². The van der Waals surface area contributed by atoms with E-state index in [1.165, 1.54) is 0 Å². The quantitative estimate of drug-likeness (QED) is 0.748. The summed E-state index contributed by atoms with van der Waals surface area (Å²) in [4.78, 5) is 22.0. The van der Waals surface area contributed by atoms with Gasteiger partial charge in [0, 0.05) is 13.1 Å². The monoisotopic (exact) mass is 339 g/mol. The highest BCUT2D eigenvalue weighted by Crippen LogP contribution is 2.21. The lowest BCUT2D eigenvalue weighted by Crippen LogP contribution is -2.24. The van der Waals surface area contributed by atoms with Crippen LogP contribution in [0.1, 0.15) is 19.2 Å². The van der Waals surface area contributed by atoms with Gasteiger partial charge in [0.1, 0.15) is 11.2 Å². The van der Waals surface area contributed by atoms with Gasteiger partial charge in [-0.15, -0.1) is 0 Å². The van der Waals surface area contributed by atoms with Gasteiger partial charge in [0.2, 0.25) is 0 Å². The largest absolute Gasteiger partial charge is 0.391 e. The molecule has 0 bridgehead atoms. The normalized spacial score (nSPS) is 21.2. The van der Waals surface area contributed by atoms with Gasteiger partial charge in [0.15, 0.2) is 5.65 Å². The van der Waals surface area contributed by atoms with Crippen molar-refractivity contribution in [3.8, 4) is 5.69 Å². The number of benzene rings is 1. The van der Waals surface area contributed by atoms with Crippen LogP contribution in [0.5, 0.6) is 0 Å². The van der Waals surface area contributed by atoms with E-state index in [9.17, 15) is 9.90 Å². The number of hydrogen-bond acceptors (Lipinski definition) is 5. The van der Waals surface area contributed by atoms with Gasteiger partial charge in [-0.2, -0.15) is 5.10 Å². The molecule has 7 heteroatoms. The van der Waals surface area contributed by atoms with Crippen molar-refractivity contribution < 1.29 is 5.11 Å². The van der Waals surface area contributed by atoms with Crippen LogP contribution in [0.3, 0.4) is 0 Å². The van der Waals surface area contributed by atoms with E-state index in [0.717, 1.165) is 18.7 Å². The van der Waals surface area contributed by atoms with E-state index in [2.05, 4.69) is 26.9 Å². The molecule has 0 spiro atoms. The molecule has 0 radical (unpaired) electrons. The van der Waals surface area contributed by atoms with Crippen molar-refractivity contribution in [2.75, 3.05) is 13.1 Å². The van der Waals surface area contributed by atoms with E-state index in [1.807, 2.05) is 30.3 Å².